The highest BCUT2D eigenvalue weighted by Gasteiger charge is 2.10. The summed E-state index contributed by atoms with van der Waals surface area (Å²) < 4.78 is 29.6. The van der Waals surface area contributed by atoms with Crippen LogP contribution in [0.15, 0.2) is 16.6 Å². The van der Waals surface area contributed by atoms with Gasteiger partial charge in [-0.15, -0.1) is 0 Å². The minimum Gasteiger partial charge on any atom is -0.409 e. The molecule has 2 N–H and O–H groups in total. The van der Waals surface area contributed by atoms with Gasteiger partial charge in [0.05, 0.1) is 4.47 Å². The van der Waals surface area contributed by atoms with Gasteiger partial charge in [0, 0.05) is 6.07 Å². The van der Waals surface area contributed by atoms with E-state index in [1.807, 2.05) is 0 Å². The van der Waals surface area contributed by atoms with Gasteiger partial charge in [-0.05, 0) is 22.0 Å². The van der Waals surface area contributed by atoms with Crippen molar-refractivity contribution in [2.75, 3.05) is 0 Å². The molecule has 3 nitrogen and oxygen atoms in total. The number of rotatable bonds is 1. The molecule has 0 radical (unpaired) electrons. The lowest BCUT2D eigenvalue weighted by atomic mass is 10.3. The predicted octanol–water partition coefficient (Wildman–Crippen LogP) is 2.18. The first kappa shape index (κ1) is 9.91. The number of carbonyl (C=O) groups excluding carboxylic acids is 1. The van der Waals surface area contributed by atoms with Crippen LogP contribution >= 0.6 is 15.9 Å². The topological polar surface area (TPSA) is 52.3 Å². The number of nitrogens with two attached hydrogens (primary N) is 1. The summed E-state index contributed by atoms with van der Waals surface area (Å²) in [4.78, 5) is 10.3. The second kappa shape index (κ2) is 3.69. The van der Waals surface area contributed by atoms with Crippen molar-refractivity contribution in [3.05, 3.63) is 28.2 Å². The van der Waals surface area contributed by atoms with E-state index in [0.717, 1.165) is 12.1 Å². The lowest BCUT2D eigenvalue weighted by molar-refractivity contribution is 0.210. The molecule has 0 aliphatic heterocycles. The van der Waals surface area contributed by atoms with E-state index in [0.29, 0.717) is 0 Å². The molecule has 0 atom stereocenters. The first-order valence-electron chi connectivity index (χ1n) is 3.12. The molecule has 0 unspecified atom stereocenters. The van der Waals surface area contributed by atoms with E-state index in [-0.39, 0.29) is 10.2 Å². The summed E-state index contributed by atoms with van der Waals surface area (Å²) in [5, 5.41) is 0. The fourth-order valence-corrected chi connectivity index (χ4v) is 1.09. The molecule has 0 heterocycles. The van der Waals surface area contributed by atoms with Crippen molar-refractivity contribution in [2.24, 2.45) is 5.73 Å². The average Bonchev–Trinajstić information content (AvgIpc) is 1.99. The summed E-state index contributed by atoms with van der Waals surface area (Å²) >= 11 is 2.87. The second-order valence-electron chi connectivity index (χ2n) is 2.12. The summed E-state index contributed by atoms with van der Waals surface area (Å²) in [6.07, 6.45) is -1.09. The van der Waals surface area contributed by atoms with Crippen LogP contribution in [-0.2, 0) is 0 Å². The largest absolute Gasteiger partial charge is 0.410 e. The number of hydrogen-bond acceptors (Lipinski definition) is 2. The van der Waals surface area contributed by atoms with Crippen molar-refractivity contribution in [3.63, 3.8) is 0 Å². The molecule has 0 saturated carbocycles. The Morgan fingerprint density at radius 2 is 1.92 bits per heavy atom. The Balaban J connectivity index is 3.08. The van der Waals surface area contributed by atoms with Gasteiger partial charge in [0.15, 0.2) is 11.6 Å². The minimum absolute atomic E-state index is 0.116. The summed E-state index contributed by atoms with van der Waals surface area (Å²) in [5.41, 5.74) is 4.68. The van der Waals surface area contributed by atoms with Gasteiger partial charge in [-0.2, -0.15) is 0 Å². The first-order valence-corrected chi connectivity index (χ1v) is 3.92. The highest BCUT2D eigenvalue weighted by Crippen LogP contribution is 2.27. The molecule has 0 fully saturated rings. The van der Waals surface area contributed by atoms with E-state index in [1.54, 1.807) is 0 Å². The molecule has 1 amide bonds. The van der Waals surface area contributed by atoms with E-state index in [4.69, 9.17) is 0 Å². The van der Waals surface area contributed by atoms with Crippen molar-refractivity contribution in [3.8, 4) is 5.75 Å². The molecule has 6 heteroatoms. The van der Waals surface area contributed by atoms with Crippen LogP contribution in [0.3, 0.4) is 0 Å². The predicted molar refractivity (Wildman–Crippen MR) is 44.3 cm³/mol. The number of benzene rings is 1. The van der Waals surface area contributed by atoms with Crippen LogP contribution in [0.2, 0.25) is 0 Å². The number of amides is 1. The second-order valence-corrected chi connectivity index (χ2v) is 2.97. The average molecular weight is 252 g/mol. The third-order valence-electron chi connectivity index (χ3n) is 1.19. The number of halogens is 3. The summed E-state index contributed by atoms with van der Waals surface area (Å²) in [6, 6.07) is 1.57. The van der Waals surface area contributed by atoms with Crippen LogP contribution in [0.5, 0.6) is 5.75 Å². The molecule has 13 heavy (non-hydrogen) atoms. The summed E-state index contributed by atoms with van der Waals surface area (Å²) in [5.74, 6) is -2.31. The van der Waals surface area contributed by atoms with E-state index >= 15 is 0 Å². The van der Waals surface area contributed by atoms with Gasteiger partial charge in [-0.1, -0.05) is 0 Å². The van der Waals surface area contributed by atoms with Gasteiger partial charge in [-0.3, -0.25) is 0 Å². The maximum atomic E-state index is 12.6. The zero-order valence-corrected chi connectivity index (χ0v) is 7.77. The van der Waals surface area contributed by atoms with Crippen molar-refractivity contribution in [1.29, 1.82) is 0 Å². The van der Waals surface area contributed by atoms with E-state index in [1.165, 1.54) is 0 Å². The molecule has 1 rings (SSSR count). The molecular formula is C7H4BrF2NO2. The molecule has 0 saturated heterocycles. The fraction of sp³-hybridized carbons (Fsp3) is 0. The zero-order valence-electron chi connectivity index (χ0n) is 6.18. The van der Waals surface area contributed by atoms with Gasteiger partial charge in [0.25, 0.3) is 0 Å². The fourth-order valence-electron chi connectivity index (χ4n) is 0.691. The quantitative estimate of drug-likeness (QED) is 0.779. The molecule has 0 aliphatic carbocycles. The highest BCUT2D eigenvalue weighted by atomic mass is 79.9. The standard InChI is InChI=1S/C7H4BrF2NO2/c8-3-1-4(9)5(10)2-6(3)13-7(11)12/h1-2H,(H2,11,12). The maximum absolute atomic E-state index is 12.6. The van der Waals surface area contributed by atoms with Gasteiger partial charge in [0.2, 0.25) is 0 Å². The Morgan fingerprint density at radius 1 is 1.38 bits per heavy atom. The SMILES string of the molecule is NC(=O)Oc1cc(F)c(F)cc1Br. The molecule has 1 aromatic rings. The Bertz CT molecular complexity index is 357. The number of ether oxygens (including phenoxy) is 1. The third-order valence-corrected chi connectivity index (χ3v) is 1.81. The van der Waals surface area contributed by atoms with E-state index in [2.05, 4.69) is 26.4 Å². The molecule has 1 aromatic carbocycles. The van der Waals surface area contributed by atoms with Gasteiger partial charge in [0.1, 0.15) is 5.75 Å². The number of hydrogen-bond donors (Lipinski definition) is 1. The van der Waals surface area contributed by atoms with Crippen LogP contribution in [0, 0.1) is 11.6 Å². The van der Waals surface area contributed by atoms with Crippen molar-refractivity contribution in [1.82, 2.24) is 0 Å². The molecule has 70 valence electrons. The van der Waals surface area contributed by atoms with Crippen LogP contribution in [0.4, 0.5) is 13.6 Å². The van der Waals surface area contributed by atoms with Crippen molar-refractivity contribution >= 4 is 22.0 Å². The van der Waals surface area contributed by atoms with Crippen LogP contribution in [0.25, 0.3) is 0 Å². The number of primary amides is 1. The zero-order chi connectivity index (χ0) is 10.0. The molecule has 0 aliphatic rings. The lowest BCUT2D eigenvalue weighted by Gasteiger charge is -2.03. The van der Waals surface area contributed by atoms with E-state index in [9.17, 15) is 13.6 Å². The summed E-state index contributed by atoms with van der Waals surface area (Å²) in [7, 11) is 0. The highest BCUT2D eigenvalue weighted by molar-refractivity contribution is 9.10. The Morgan fingerprint density at radius 3 is 2.46 bits per heavy atom. The third kappa shape index (κ3) is 2.38. The van der Waals surface area contributed by atoms with Gasteiger partial charge in [-0.25, -0.2) is 13.6 Å². The minimum atomic E-state index is -1.11. The molecule has 0 aromatic heterocycles. The van der Waals surface area contributed by atoms with Crippen LogP contribution in [0.1, 0.15) is 0 Å². The first-order chi connectivity index (χ1) is 6.00. The lowest BCUT2D eigenvalue weighted by Crippen LogP contribution is -2.16. The maximum Gasteiger partial charge on any atom is 0.410 e. The van der Waals surface area contributed by atoms with Crippen LogP contribution < -0.4 is 10.5 Å². The van der Waals surface area contributed by atoms with Crippen molar-refractivity contribution < 1.29 is 18.3 Å². The van der Waals surface area contributed by atoms with Gasteiger partial charge < -0.3 is 10.5 Å². The molecule has 0 spiro atoms. The van der Waals surface area contributed by atoms with Crippen molar-refractivity contribution in [2.45, 2.75) is 0 Å². The van der Waals surface area contributed by atoms with Gasteiger partial charge >= 0.3 is 6.09 Å². The monoisotopic (exact) mass is 251 g/mol. The molecular weight excluding hydrogens is 248 g/mol. The van der Waals surface area contributed by atoms with Crippen LogP contribution in [-0.4, -0.2) is 6.09 Å². The Labute approximate surface area is 80.6 Å². The normalized spacial score (nSPS) is 9.77. The molecule has 0 bridgehead atoms. The van der Waals surface area contributed by atoms with E-state index < -0.39 is 17.7 Å². The summed E-state index contributed by atoms with van der Waals surface area (Å²) in [6.45, 7) is 0. The smallest absolute Gasteiger partial charge is 0.409 e. The Hall–Kier alpha value is -1.17. The Kier molecular flexibility index (Phi) is 2.82. The number of carbonyl (C=O) groups is 1.